The molecule has 0 aromatic heterocycles. The number of aliphatic carboxylic acids is 1. The molecule has 176 valence electrons. The van der Waals surface area contributed by atoms with E-state index in [0.717, 1.165) is 44.4 Å². The van der Waals surface area contributed by atoms with Crippen molar-refractivity contribution in [3.8, 4) is 0 Å². The highest BCUT2D eigenvalue weighted by atomic mass is 16.5. The van der Waals surface area contributed by atoms with Gasteiger partial charge in [-0.15, -0.1) is 0 Å². The van der Waals surface area contributed by atoms with E-state index in [1.807, 2.05) is 0 Å². The Kier molecular flexibility index (Phi) is 14.9. The molecule has 30 heavy (non-hydrogen) atoms. The summed E-state index contributed by atoms with van der Waals surface area (Å²) in [5.41, 5.74) is 0. The number of carboxylic acids is 1. The van der Waals surface area contributed by atoms with Crippen molar-refractivity contribution < 1.29 is 19.4 Å². The van der Waals surface area contributed by atoms with Gasteiger partial charge in [-0.25, -0.2) is 0 Å². The Bertz CT molecular complexity index is 460. The summed E-state index contributed by atoms with van der Waals surface area (Å²) in [4.78, 5) is 24.4. The van der Waals surface area contributed by atoms with Crippen molar-refractivity contribution >= 4 is 11.9 Å². The molecule has 1 rings (SSSR count). The zero-order valence-corrected chi connectivity index (χ0v) is 20.0. The van der Waals surface area contributed by atoms with E-state index in [0.29, 0.717) is 12.8 Å². The molecule has 0 spiro atoms. The number of hydrogen-bond acceptors (Lipinski definition) is 3. The summed E-state index contributed by atoms with van der Waals surface area (Å²) in [6.07, 6.45) is 18.4. The average molecular weight is 425 g/mol. The molecule has 0 amide bonds. The number of rotatable bonds is 17. The normalized spacial score (nSPS) is 20.3. The summed E-state index contributed by atoms with van der Waals surface area (Å²) in [6.45, 7) is 6.77. The van der Waals surface area contributed by atoms with Crippen molar-refractivity contribution in [1.29, 1.82) is 0 Å². The molecule has 0 heterocycles. The fourth-order valence-electron chi connectivity index (χ4n) is 4.65. The molecule has 0 saturated heterocycles. The topological polar surface area (TPSA) is 63.6 Å². The third-order valence-electron chi connectivity index (χ3n) is 6.61. The SMILES string of the molecule is CCCCCCCCC(CCCCCCC(C)C)OC(=O)C1CCCCC1C(=O)O. The molecular weight excluding hydrogens is 376 g/mol. The van der Waals surface area contributed by atoms with Gasteiger partial charge in [0.25, 0.3) is 0 Å². The van der Waals surface area contributed by atoms with Crippen LogP contribution in [0.2, 0.25) is 0 Å². The van der Waals surface area contributed by atoms with Crippen molar-refractivity contribution in [2.24, 2.45) is 17.8 Å². The van der Waals surface area contributed by atoms with E-state index in [1.54, 1.807) is 0 Å². The van der Waals surface area contributed by atoms with Crippen molar-refractivity contribution in [2.75, 3.05) is 0 Å². The molecule has 1 N–H and O–H groups in total. The van der Waals surface area contributed by atoms with E-state index in [-0.39, 0.29) is 12.1 Å². The highest BCUT2D eigenvalue weighted by molar-refractivity contribution is 5.81. The summed E-state index contributed by atoms with van der Waals surface area (Å²) in [6, 6.07) is 0. The van der Waals surface area contributed by atoms with Crippen LogP contribution < -0.4 is 0 Å². The molecule has 3 atom stereocenters. The van der Waals surface area contributed by atoms with Crippen molar-refractivity contribution in [3.05, 3.63) is 0 Å². The zero-order valence-electron chi connectivity index (χ0n) is 20.0. The van der Waals surface area contributed by atoms with Gasteiger partial charge < -0.3 is 9.84 Å². The van der Waals surface area contributed by atoms with Gasteiger partial charge in [0, 0.05) is 0 Å². The van der Waals surface area contributed by atoms with Gasteiger partial charge in [0.1, 0.15) is 6.10 Å². The predicted octanol–water partition coefficient (Wildman–Crippen LogP) is 7.54. The van der Waals surface area contributed by atoms with E-state index in [2.05, 4.69) is 20.8 Å². The second-order valence-corrected chi connectivity index (χ2v) is 9.84. The molecule has 0 aliphatic heterocycles. The summed E-state index contributed by atoms with van der Waals surface area (Å²) >= 11 is 0. The third-order valence-corrected chi connectivity index (χ3v) is 6.61. The first kappa shape index (κ1) is 27.0. The van der Waals surface area contributed by atoms with Gasteiger partial charge >= 0.3 is 11.9 Å². The maximum absolute atomic E-state index is 12.8. The summed E-state index contributed by atoms with van der Waals surface area (Å²) < 4.78 is 5.94. The monoisotopic (exact) mass is 424 g/mol. The smallest absolute Gasteiger partial charge is 0.310 e. The van der Waals surface area contributed by atoms with E-state index in [1.165, 1.54) is 57.8 Å². The lowest BCUT2D eigenvalue weighted by molar-refractivity contribution is -0.164. The number of ether oxygens (including phenoxy) is 1. The number of carboxylic acid groups (broad SMARTS) is 1. The Morgan fingerprint density at radius 1 is 0.800 bits per heavy atom. The maximum Gasteiger partial charge on any atom is 0.310 e. The van der Waals surface area contributed by atoms with Gasteiger partial charge in [0.2, 0.25) is 0 Å². The Hall–Kier alpha value is -1.06. The second-order valence-electron chi connectivity index (χ2n) is 9.84. The van der Waals surface area contributed by atoms with Gasteiger partial charge in [-0.1, -0.05) is 91.4 Å². The molecular formula is C26H48O4. The average Bonchev–Trinajstić information content (AvgIpc) is 2.72. The van der Waals surface area contributed by atoms with E-state index < -0.39 is 17.8 Å². The summed E-state index contributed by atoms with van der Waals surface area (Å²) in [5.74, 6) is -1.33. The molecule has 0 bridgehead atoms. The Morgan fingerprint density at radius 3 is 1.83 bits per heavy atom. The Morgan fingerprint density at radius 2 is 1.30 bits per heavy atom. The standard InChI is InChI=1S/C26H48O4/c1-4-5-6-7-8-12-17-22(18-13-10-9-11-16-21(2)3)30-26(29)24-20-15-14-19-23(24)25(27)28/h21-24H,4-20H2,1-3H3,(H,27,28). The van der Waals surface area contributed by atoms with Crippen LogP contribution in [0.5, 0.6) is 0 Å². The molecule has 3 unspecified atom stereocenters. The molecule has 0 aromatic carbocycles. The highest BCUT2D eigenvalue weighted by Crippen LogP contribution is 2.32. The lowest BCUT2D eigenvalue weighted by Crippen LogP contribution is -2.35. The van der Waals surface area contributed by atoms with E-state index in [9.17, 15) is 14.7 Å². The quantitative estimate of drug-likeness (QED) is 0.193. The molecule has 4 heteroatoms. The maximum atomic E-state index is 12.8. The lowest BCUT2D eigenvalue weighted by Gasteiger charge is -2.29. The van der Waals surface area contributed by atoms with Crippen LogP contribution in [0.25, 0.3) is 0 Å². The molecule has 1 fully saturated rings. The fourth-order valence-corrected chi connectivity index (χ4v) is 4.65. The van der Waals surface area contributed by atoms with Gasteiger partial charge in [0.05, 0.1) is 11.8 Å². The largest absolute Gasteiger partial charge is 0.481 e. The predicted molar refractivity (Wildman–Crippen MR) is 123 cm³/mol. The van der Waals surface area contributed by atoms with Crippen molar-refractivity contribution in [1.82, 2.24) is 0 Å². The van der Waals surface area contributed by atoms with Gasteiger partial charge in [0.15, 0.2) is 0 Å². The summed E-state index contributed by atoms with van der Waals surface area (Å²) in [7, 11) is 0. The van der Waals surface area contributed by atoms with Crippen LogP contribution in [0.4, 0.5) is 0 Å². The van der Waals surface area contributed by atoms with Crippen molar-refractivity contribution in [2.45, 2.75) is 136 Å². The molecule has 1 saturated carbocycles. The first-order valence-corrected chi connectivity index (χ1v) is 12.9. The first-order chi connectivity index (χ1) is 14.5. The first-order valence-electron chi connectivity index (χ1n) is 12.9. The minimum atomic E-state index is -0.839. The Balaban J connectivity index is 2.47. The van der Waals surface area contributed by atoms with Crippen LogP contribution in [-0.4, -0.2) is 23.1 Å². The van der Waals surface area contributed by atoms with Crippen LogP contribution in [-0.2, 0) is 14.3 Å². The van der Waals surface area contributed by atoms with Crippen molar-refractivity contribution in [3.63, 3.8) is 0 Å². The van der Waals surface area contributed by atoms with Crippen LogP contribution in [0, 0.1) is 17.8 Å². The van der Waals surface area contributed by atoms with Crippen LogP contribution in [0.3, 0.4) is 0 Å². The number of unbranched alkanes of at least 4 members (excludes halogenated alkanes) is 8. The van der Waals surface area contributed by atoms with Gasteiger partial charge in [-0.2, -0.15) is 0 Å². The third kappa shape index (κ3) is 12.0. The minimum Gasteiger partial charge on any atom is -0.481 e. The Labute approximate surface area is 185 Å². The fraction of sp³-hybridized carbons (Fsp3) is 0.923. The van der Waals surface area contributed by atoms with Crippen LogP contribution >= 0.6 is 0 Å². The number of carbonyl (C=O) groups is 2. The molecule has 0 aromatic rings. The van der Waals surface area contributed by atoms with E-state index in [4.69, 9.17) is 4.74 Å². The number of hydrogen-bond donors (Lipinski definition) is 1. The number of carbonyl (C=O) groups excluding carboxylic acids is 1. The lowest BCUT2D eigenvalue weighted by atomic mass is 9.79. The molecule has 4 nitrogen and oxygen atoms in total. The minimum absolute atomic E-state index is 0.0369. The molecule has 1 aliphatic rings. The van der Waals surface area contributed by atoms with Gasteiger partial charge in [-0.3, -0.25) is 9.59 Å². The number of esters is 1. The summed E-state index contributed by atoms with van der Waals surface area (Å²) in [5, 5.41) is 9.49. The molecule has 1 aliphatic carbocycles. The van der Waals surface area contributed by atoms with E-state index >= 15 is 0 Å². The second kappa shape index (κ2) is 16.6. The van der Waals surface area contributed by atoms with Crippen LogP contribution in [0.15, 0.2) is 0 Å². The molecule has 0 radical (unpaired) electrons. The van der Waals surface area contributed by atoms with Gasteiger partial charge in [-0.05, 0) is 44.4 Å². The van der Waals surface area contributed by atoms with Crippen LogP contribution in [0.1, 0.15) is 130 Å². The zero-order chi connectivity index (χ0) is 22.2. The highest BCUT2D eigenvalue weighted by Gasteiger charge is 2.37.